The van der Waals surface area contributed by atoms with Gasteiger partial charge in [0.05, 0.1) is 72.2 Å². The molecule has 2 aromatic heterocycles. The third-order valence-corrected chi connectivity index (χ3v) is 33.3. The molecule has 4 spiro atoms. The average molecular weight is 1770 g/mol. The minimum absolute atomic E-state index is 0.568. The molecule has 4 heteroatoms. The molecule has 0 radical (unpaired) electrons. The highest BCUT2D eigenvalue weighted by Crippen LogP contribution is 2.71. The molecule has 6 aliphatic carbocycles. The molecule has 2 unspecified atom stereocenters. The normalized spacial score (nSPS) is 15.7. The Labute approximate surface area is 810 Å². The zero-order chi connectivity index (χ0) is 91.2. The summed E-state index contributed by atoms with van der Waals surface area (Å²) < 4.78 is 5.19. The number of anilines is 6. The molecule has 0 amide bonds. The fourth-order valence-electron chi connectivity index (χ4n) is 28.3. The summed E-state index contributed by atoms with van der Waals surface area (Å²) in [5.41, 5.74) is 53.4. The van der Waals surface area contributed by atoms with E-state index >= 15 is 0 Å². The summed E-state index contributed by atoms with van der Waals surface area (Å²) in [5.74, 6) is 0. The van der Waals surface area contributed by atoms with Gasteiger partial charge in [-0.05, 0) is 263 Å². The standard InChI is InChI=1S/C136H82N4/c1-3-35-83(36-4-1)84-69-73-88(74-70-84)137(127-67-33-60-117-129(127)101-48-13-24-56-112(101)133(117)106-50-18-7-40-92(106)93-41-8-19-51-107(93)133)89-79-104-99-46-16-29-63-123(99)140-126-66-32-27-59-116(126)136(121(81-89)132(104)140)110-54-22-11-44-96(110)98-75-71-87(78-119(98)136)86-72-76-114-103(77-86)97-45-12-23-55-111(97)134(114)113-57-25-14-49-102(113)130-118(134)61-34-68-128(130)138(122-62-28-15-39-91(122)85-37-5-2-6-38-85)90-80-105-100-47-17-30-64-124(100)139-125-65-31-26-58-115(125)135(120(82-90)131(105)139)108-52-20-9-42-94(108)95-43-10-21-53-109(95)135/h1-82H. The Kier molecular flexibility index (Phi) is 15.2. The van der Waals surface area contributed by atoms with Crippen molar-refractivity contribution in [2.45, 2.75) is 21.7 Å². The van der Waals surface area contributed by atoms with Crippen LogP contribution in [0.25, 0.3) is 155 Å². The Balaban J connectivity index is 0.609. The van der Waals surface area contributed by atoms with Gasteiger partial charge in [-0.3, -0.25) is 0 Å². The fraction of sp³-hybridized carbons (Fsp3) is 0.0294. The molecule has 24 aromatic rings. The van der Waals surface area contributed by atoms with Crippen molar-refractivity contribution in [3.05, 3.63) is 586 Å². The predicted octanol–water partition coefficient (Wildman–Crippen LogP) is 33.9. The molecule has 22 aromatic carbocycles. The summed E-state index contributed by atoms with van der Waals surface area (Å²) in [6, 6.07) is 192. The number of benzene rings is 22. The van der Waals surface area contributed by atoms with E-state index in [9.17, 15) is 0 Å². The van der Waals surface area contributed by atoms with Crippen molar-refractivity contribution in [3.8, 4) is 112 Å². The number of rotatable bonds is 9. The van der Waals surface area contributed by atoms with Crippen molar-refractivity contribution in [1.29, 1.82) is 0 Å². The second-order valence-electron chi connectivity index (χ2n) is 39.3. The van der Waals surface area contributed by atoms with Crippen LogP contribution in [0.4, 0.5) is 34.1 Å². The molecule has 8 aliphatic rings. The third kappa shape index (κ3) is 9.42. The van der Waals surface area contributed by atoms with Gasteiger partial charge in [0.25, 0.3) is 0 Å². The Morgan fingerprint density at radius 2 is 0.464 bits per heavy atom. The van der Waals surface area contributed by atoms with Crippen LogP contribution in [0.15, 0.2) is 497 Å². The molecule has 4 heterocycles. The molecule has 646 valence electrons. The lowest BCUT2D eigenvalue weighted by Gasteiger charge is -2.40. The first kappa shape index (κ1) is 76.3. The maximum Gasteiger partial charge on any atom is 0.0755 e. The van der Waals surface area contributed by atoms with Gasteiger partial charge in [0.1, 0.15) is 0 Å². The van der Waals surface area contributed by atoms with Crippen LogP contribution in [0.3, 0.4) is 0 Å². The average Bonchev–Trinajstić information content (AvgIpc) is 1.50. The second-order valence-corrected chi connectivity index (χ2v) is 39.3. The minimum Gasteiger partial charge on any atom is -0.310 e. The lowest BCUT2D eigenvalue weighted by Crippen LogP contribution is -2.33. The Bertz CT molecular complexity index is 9530. The zero-order valence-electron chi connectivity index (χ0n) is 76.1. The molecule has 0 fully saturated rings. The summed E-state index contributed by atoms with van der Waals surface area (Å²) in [6.07, 6.45) is 0. The highest BCUT2D eigenvalue weighted by atomic mass is 15.2. The second kappa shape index (κ2) is 27.9. The van der Waals surface area contributed by atoms with Crippen LogP contribution in [0, 0.1) is 0 Å². The quantitative estimate of drug-likeness (QED) is 0.143. The summed E-state index contributed by atoms with van der Waals surface area (Å²) >= 11 is 0. The molecule has 0 N–H and O–H groups in total. The minimum atomic E-state index is -0.841. The van der Waals surface area contributed by atoms with Crippen molar-refractivity contribution in [1.82, 2.24) is 9.13 Å². The van der Waals surface area contributed by atoms with Crippen LogP contribution in [0.5, 0.6) is 0 Å². The fourth-order valence-corrected chi connectivity index (χ4v) is 28.3. The number of fused-ring (bicyclic) bond motifs is 44. The molecule has 0 saturated heterocycles. The topological polar surface area (TPSA) is 16.3 Å². The number of nitrogens with zero attached hydrogens (tertiary/aromatic N) is 4. The molecule has 2 aliphatic heterocycles. The Morgan fingerprint density at radius 3 is 0.950 bits per heavy atom. The predicted molar refractivity (Wildman–Crippen MR) is 575 cm³/mol. The van der Waals surface area contributed by atoms with Crippen LogP contribution >= 0.6 is 0 Å². The van der Waals surface area contributed by atoms with Gasteiger partial charge in [-0.15, -0.1) is 0 Å². The molecule has 2 atom stereocenters. The lowest BCUT2D eigenvalue weighted by atomic mass is 9.65. The van der Waals surface area contributed by atoms with E-state index in [4.69, 9.17) is 0 Å². The van der Waals surface area contributed by atoms with Crippen LogP contribution in [0.1, 0.15) is 89.0 Å². The van der Waals surface area contributed by atoms with E-state index in [2.05, 4.69) is 516 Å². The molecule has 0 bridgehead atoms. The van der Waals surface area contributed by atoms with Gasteiger partial charge in [-0.1, -0.05) is 406 Å². The van der Waals surface area contributed by atoms with E-state index in [0.29, 0.717) is 0 Å². The SMILES string of the molecule is c1ccc(-c2ccc(N(c3cc4c5c(c3)c3ccccc3n5-c3ccccc3C43c4ccccc4-c4ccc(-c5ccc6c(c5)-c5ccccc5C65c6ccccc6-c6c(N(c7cc8c9c(c7)c7ccccc7n9-c7ccccc7C87c8ccccc8-c8ccccc87)c7ccccc7-c7ccccc7)cccc65)cc43)c3cccc4c3-c3ccccc3C43c4ccccc4-c4ccccc43)cc2)cc1. The van der Waals surface area contributed by atoms with Gasteiger partial charge in [-0.2, -0.15) is 0 Å². The first-order valence-electron chi connectivity index (χ1n) is 49.1. The third-order valence-electron chi connectivity index (χ3n) is 33.3. The largest absolute Gasteiger partial charge is 0.310 e. The molecule has 0 saturated carbocycles. The monoisotopic (exact) mass is 1770 g/mol. The van der Waals surface area contributed by atoms with Crippen LogP contribution in [0.2, 0.25) is 0 Å². The van der Waals surface area contributed by atoms with Gasteiger partial charge >= 0.3 is 0 Å². The number of para-hydroxylation sites is 5. The smallest absolute Gasteiger partial charge is 0.0755 e. The molecular formula is C136H82N4. The van der Waals surface area contributed by atoms with E-state index < -0.39 is 21.7 Å². The number of hydrogen-bond acceptors (Lipinski definition) is 2. The van der Waals surface area contributed by atoms with E-state index in [1.54, 1.807) is 0 Å². The van der Waals surface area contributed by atoms with Gasteiger partial charge in [-0.25, -0.2) is 0 Å². The van der Waals surface area contributed by atoms with Crippen molar-refractivity contribution >= 4 is 77.7 Å². The van der Waals surface area contributed by atoms with Crippen molar-refractivity contribution in [2.24, 2.45) is 0 Å². The maximum absolute atomic E-state index is 2.66. The van der Waals surface area contributed by atoms with Gasteiger partial charge in [0.15, 0.2) is 0 Å². The highest BCUT2D eigenvalue weighted by molar-refractivity contribution is 6.18. The van der Waals surface area contributed by atoms with E-state index in [1.807, 2.05) is 0 Å². The summed E-state index contributed by atoms with van der Waals surface area (Å²) in [4.78, 5) is 5.29. The van der Waals surface area contributed by atoms with E-state index in [-0.39, 0.29) is 0 Å². The summed E-state index contributed by atoms with van der Waals surface area (Å²) in [6.45, 7) is 0. The van der Waals surface area contributed by atoms with Crippen molar-refractivity contribution in [3.63, 3.8) is 0 Å². The van der Waals surface area contributed by atoms with Gasteiger partial charge < -0.3 is 18.9 Å². The lowest BCUT2D eigenvalue weighted by molar-refractivity contribution is 0.748. The number of hydrogen-bond donors (Lipinski definition) is 0. The summed E-state index contributed by atoms with van der Waals surface area (Å²) in [7, 11) is 0. The van der Waals surface area contributed by atoms with Crippen LogP contribution < -0.4 is 9.80 Å². The van der Waals surface area contributed by atoms with Gasteiger partial charge in [0, 0.05) is 55.3 Å². The van der Waals surface area contributed by atoms with E-state index in [1.165, 1.54) is 216 Å². The zero-order valence-corrected chi connectivity index (χ0v) is 76.1. The first-order chi connectivity index (χ1) is 69.5. The maximum atomic E-state index is 2.66. The molecule has 4 nitrogen and oxygen atoms in total. The van der Waals surface area contributed by atoms with E-state index in [0.717, 1.165) is 61.9 Å². The Morgan fingerprint density at radius 1 is 0.150 bits per heavy atom. The van der Waals surface area contributed by atoms with Crippen LogP contribution in [-0.4, -0.2) is 9.13 Å². The van der Waals surface area contributed by atoms with Crippen molar-refractivity contribution in [2.75, 3.05) is 9.80 Å². The Hall–Kier alpha value is -18.0. The molecule has 140 heavy (non-hydrogen) atoms. The summed E-state index contributed by atoms with van der Waals surface area (Å²) in [5, 5.41) is 4.84. The molecule has 32 rings (SSSR count). The van der Waals surface area contributed by atoms with Crippen LogP contribution in [-0.2, 0) is 21.7 Å². The first-order valence-corrected chi connectivity index (χ1v) is 49.1. The molecular weight excluding hydrogens is 1690 g/mol. The highest BCUT2D eigenvalue weighted by Gasteiger charge is 2.58. The number of aromatic nitrogens is 2. The van der Waals surface area contributed by atoms with Gasteiger partial charge in [0.2, 0.25) is 0 Å². The van der Waals surface area contributed by atoms with Crippen molar-refractivity contribution < 1.29 is 0 Å².